The number of aromatic nitrogens is 3. The lowest BCUT2D eigenvalue weighted by atomic mass is 10.1. The van der Waals surface area contributed by atoms with Crippen LogP contribution in [0.1, 0.15) is 25.2 Å². The van der Waals surface area contributed by atoms with Gasteiger partial charge in [-0.25, -0.2) is 14.8 Å². The Hall–Kier alpha value is -1.63. The SMILES string of the molecule is C[C@H]1C[C@@H](c2nc3cc(Br)cnc3[nH]2)N(C(=O)O)C1. The number of carboxylic acid groups (broad SMARTS) is 1. The van der Waals surface area contributed by atoms with Gasteiger partial charge >= 0.3 is 6.09 Å². The molecule has 0 bridgehead atoms. The molecule has 0 radical (unpaired) electrons. The zero-order valence-electron chi connectivity index (χ0n) is 10.3. The molecule has 1 saturated heterocycles. The van der Waals surface area contributed by atoms with Crippen molar-refractivity contribution in [1.29, 1.82) is 0 Å². The van der Waals surface area contributed by atoms with Crippen LogP contribution in [0.4, 0.5) is 4.79 Å². The highest BCUT2D eigenvalue weighted by Crippen LogP contribution is 2.34. The van der Waals surface area contributed by atoms with E-state index in [0.717, 1.165) is 16.4 Å². The molecule has 3 rings (SSSR count). The predicted molar refractivity (Wildman–Crippen MR) is 72.8 cm³/mol. The second kappa shape index (κ2) is 4.48. The molecule has 0 spiro atoms. The van der Waals surface area contributed by atoms with E-state index in [1.54, 1.807) is 6.20 Å². The summed E-state index contributed by atoms with van der Waals surface area (Å²) in [6.45, 7) is 2.60. The van der Waals surface area contributed by atoms with Gasteiger partial charge in [-0.05, 0) is 34.3 Å². The lowest BCUT2D eigenvalue weighted by Crippen LogP contribution is -2.29. The van der Waals surface area contributed by atoms with Crippen LogP contribution in [0.2, 0.25) is 0 Å². The first-order valence-corrected chi connectivity index (χ1v) is 6.84. The Morgan fingerprint density at radius 2 is 2.42 bits per heavy atom. The van der Waals surface area contributed by atoms with Crippen molar-refractivity contribution in [2.45, 2.75) is 19.4 Å². The van der Waals surface area contributed by atoms with Crippen LogP contribution in [0.5, 0.6) is 0 Å². The zero-order chi connectivity index (χ0) is 13.6. The Balaban J connectivity index is 2.01. The summed E-state index contributed by atoms with van der Waals surface area (Å²) in [5.41, 5.74) is 1.43. The predicted octanol–water partition coefficient (Wildman–Crippen LogP) is 2.78. The summed E-state index contributed by atoms with van der Waals surface area (Å²) in [5.74, 6) is 1.02. The number of pyridine rings is 1. The second-order valence-electron chi connectivity index (χ2n) is 4.93. The fourth-order valence-electron chi connectivity index (χ4n) is 2.56. The molecule has 1 aliphatic heterocycles. The minimum absolute atomic E-state index is 0.208. The topological polar surface area (TPSA) is 82.1 Å². The fourth-order valence-corrected chi connectivity index (χ4v) is 2.88. The van der Waals surface area contributed by atoms with Crippen molar-refractivity contribution < 1.29 is 9.90 Å². The van der Waals surface area contributed by atoms with Crippen LogP contribution in [-0.2, 0) is 0 Å². The van der Waals surface area contributed by atoms with Gasteiger partial charge in [-0.3, -0.25) is 4.90 Å². The largest absolute Gasteiger partial charge is 0.465 e. The van der Waals surface area contributed by atoms with E-state index in [1.165, 1.54) is 4.90 Å². The van der Waals surface area contributed by atoms with Gasteiger partial charge in [0.25, 0.3) is 0 Å². The summed E-state index contributed by atoms with van der Waals surface area (Å²) in [5, 5.41) is 9.24. The number of H-pyrrole nitrogens is 1. The summed E-state index contributed by atoms with van der Waals surface area (Å²) in [6, 6.07) is 1.66. The summed E-state index contributed by atoms with van der Waals surface area (Å²) >= 11 is 3.35. The molecule has 1 amide bonds. The summed E-state index contributed by atoms with van der Waals surface area (Å²) in [4.78, 5) is 24.5. The number of nitrogens with zero attached hydrogens (tertiary/aromatic N) is 3. The molecule has 0 aromatic carbocycles. The number of hydrogen-bond donors (Lipinski definition) is 2. The molecule has 6 nitrogen and oxygen atoms in total. The van der Waals surface area contributed by atoms with E-state index in [9.17, 15) is 9.90 Å². The first-order valence-electron chi connectivity index (χ1n) is 6.05. The number of hydrogen-bond acceptors (Lipinski definition) is 3. The molecular weight excluding hydrogens is 312 g/mol. The third-order valence-corrected chi connectivity index (χ3v) is 3.83. The molecule has 0 unspecified atom stereocenters. The second-order valence-corrected chi connectivity index (χ2v) is 5.85. The molecule has 1 aliphatic rings. The Morgan fingerprint density at radius 1 is 1.63 bits per heavy atom. The van der Waals surface area contributed by atoms with Crippen molar-refractivity contribution >= 4 is 33.2 Å². The smallest absolute Gasteiger partial charge is 0.407 e. The lowest BCUT2D eigenvalue weighted by Gasteiger charge is -2.19. The number of aromatic amines is 1. The molecule has 7 heteroatoms. The number of fused-ring (bicyclic) bond motifs is 1. The summed E-state index contributed by atoms with van der Waals surface area (Å²) in [7, 11) is 0. The van der Waals surface area contributed by atoms with E-state index in [1.807, 2.05) is 13.0 Å². The first kappa shape index (κ1) is 12.4. The van der Waals surface area contributed by atoms with Crippen molar-refractivity contribution in [3.8, 4) is 0 Å². The van der Waals surface area contributed by atoms with Crippen LogP contribution >= 0.6 is 15.9 Å². The maximum absolute atomic E-state index is 11.3. The molecule has 1 fully saturated rings. The quantitative estimate of drug-likeness (QED) is 0.845. The Bertz CT molecular complexity index is 642. The van der Waals surface area contributed by atoms with Crippen molar-refractivity contribution in [1.82, 2.24) is 19.9 Å². The van der Waals surface area contributed by atoms with Gasteiger partial charge in [-0.15, -0.1) is 0 Å². The van der Waals surface area contributed by atoms with E-state index in [-0.39, 0.29) is 6.04 Å². The van der Waals surface area contributed by atoms with E-state index in [0.29, 0.717) is 23.9 Å². The molecular formula is C12H13BrN4O2. The van der Waals surface area contributed by atoms with E-state index in [4.69, 9.17) is 0 Å². The third kappa shape index (κ3) is 2.18. The van der Waals surface area contributed by atoms with Gasteiger partial charge in [0.1, 0.15) is 11.3 Å². The van der Waals surface area contributed by atoms with Crippen LogP contribution in [0, 0.1) is 5.92 Å². The Kier molecular flexibility index (Phi) is 2.93. The normalized spacial score (nSPS) is 23.2. The van der Waals surface area contributed by atoms with Gasteiger partial charge in [-0.2, -0.15) is 0 Å². The van der Waals surface area contributed by atoms with E-state index in [2.05, 4.69) is 30.9 Å². The van der Waals surface area contributed by atoms with Crippen LogP contribution in [0.15, 0.2) is 16.7 Å². The number of likely N-dealkylation sites (tertiary alicyclic amines) is 1. The molecule has 2 aromatic rings. The number of carbonyl (C=O) groups is 1. The summed E-state index contributed by atoms with van der Waals surface area (Å²) in [6.07, 6.45) is 1.58. The van der Waals surface area contributed by atoms with E-state index < -0.39 is 6.09 Å². The van der Waals surface area contributed by atoms with Crippen molar-refractivity contribution in [3.63, 3.8) is 0 Å². The van der Waals surface area contributed by atoms with Crippen LogP contribution in [0.25, 0.3) is 11.2 Å². The number of halogens is 1. The molecule has 3 heterocycles. The molecule has 0 saturated carbocycles. The van der Waals surface area contributed by atoms with Gasteiger partial charge in [0, 0.05) is 17.2 Å². The molecule has 100 valence electrons. The highest BCUT2D eigenvalue weighted by atomic mass is 79.9. The molecule has 2 atom stereocenters. The van der Waals surface area contributed by atoms with Gasteiger partial charge in [-0.1, -0.05) is 6.92 Å². The van der Waals surface area contributed by atoms with Gasteiger partial charge in [0.2, 0.25) is 0 Å². The standard InChI is InChI=1S/C12H13BrN4O2/c1-6-2-9(17(5-6)12(18)19)11-15-8-3-7(13)4-14-10(8)16-11/h3-4,6,9H,2,5H2,1H3,(H,18,19)(H,14,15,16)/t6-,9-/m0/s1. The molecule has 2 N–H and O–H groups in total. The van der Waals surface area contributed by atoms with Crippen LogP contribution < -0.4 is 0 Å². The van der Waals surface area contributed by atoms with Crippen molar-refractivity contribution in [3.05, 3.63) is 22.6 Å². The molecule has 0 aliphatic carbocycles. The number of nitrogens with one attached hydrogen (secondary N) is 1. The average molecular weight is 325 g/mol. The van der Waals surface area contributed by atoms with Crippen molar-refractivity contribution in [2.75, 3.05) is 6.54 Å². The van der Waals surface area contributed by atoms with E-state index >= 15 is 0 Å². The fraction of sp³-hybridized carbons (Fsp3) is 0.417. The van der Waals surface area contributed by atoms with Gasteiger partial charge in [0.15, 0.2) is 5.65 Å². The minimum atomic E-state index is -0.899. The monoisotopic (exact) mass is 324 g/mol. The van der Waals surface area contributed by atoms with Gasteiger partial charge in [0.05, 0.1) is 6.04 Å². The zero-order valence-corrected chi connectivity index (χ0v) is 11.9. The lowest BCUT2D eigenvalue weighted by molar-refractivity contribution is 0.138. The first-order chi connectivity index (χ1) is 9.04. The molecule has 19 heavy (non-hydrogen) atoms. The number of amides is 1. The average Bonchev–Trinajstić information content (AvgIpc) is 2.91. The Labute approximate surface area is 118 Å². The molecule has 2 aromatic heterocycles. The van der Waals surface area contributed by atoms with Gasteiger partial charge < -0.3 is 10.1 Å². The van der Waals surface area contributed by atoms with Crippen LogP contribution in [-0.4, -0.2) is 37.6 Å². The Morgan fingerprint density at radius 3 is 3.16 bits per heavy atom. The van der Waals surface area contributed by atoms with Crippen molar-refractivity contribution in [2.24, 2.45) is 5.92 Å². The number of rotatable bonds is 1. The maximum atomic E-state index is 11.3. The summed E-state index contributed by atoms with van der Waals surface area (Å²) < 4.78 is 0.855. The maximum Gasteiger partial charge on any atom is 0.407 e. The highest BCUT2D eigenvalue weighted by Gasteiger charge is 2.36. The highest BCUT2D eigenvalue weighted by molar-refractivity contribution is 9.10. The van der Waals surface area contributed by atoms with Crippen LogP contribution in [0.3, 0.4) is 0 Å². The minimum Gasteiger partial charge on any atom is -0.465 e. The number of imidazole rings is 1. The third-order valence-electron chi connectivity index (χ3n) is 3.39.